The molecule has 4 heterocycles. The van der Waals surface area contributed by atoms with Crippen molar-refractivity contribution in [3.05, 3.63) is 78.6 Å². The highest BCUT2D eigenvalue weighted by molar-refractivity contribution is 6.08. The van der Waals surface area contributed by atoms with Gasteiger partial charge in [0.2, 0.25) is 0 Å². The molecule has 12 nitrogen and oxygen atoms in total. The lowest BCUT2D eigenvalue weighted by molar-refractivity contribution is 0.0427. The van der Waals surface area contributed by atoms with Crippen molar-refractivity contribution in [2.45, 2.75) is 65.7 Å². The van der Waals surface area contributed by atoms with Gasteiger partial charge in [0.05, 0.1) is 24.1 Å². The molecule has 0 aliphatic heterocycles. The molecular weight excluding hydrogens is 567 g/mol. The van der Waals surface area contributed by atoms with E-state index < -0.39 is 23.4 Å². The van der Waals surface area contributed by atoms with Crippen LogP contribution in [-0.2, 0) is 9.47 Å². The number of nitrogens with zero attached hydrogens (tertiary/aromatic N) is 8. The molecule has 0 radical (unpaired) electrons. The molecule has 0 saturated carbocycles. The number of anilines is 1. The molecule has 13 heteroatoms. The summed E-state index contributed by atoms with van der Waals surface area (Å²) in [6.07, 6.45) is 4.98. The third-order valence-corrected chi connectivity index (χ3v) is 6.31. The maximum absolute atomic E-state index is 13.4. The van der Waals surface area contributed by atoms with Gasteiger partial charge in [0.15, 0.2) is 5.65 Å². The van der Waals surface area contributed by atoms with Crippen LogP contribution in [0.1, 0.15) is 60.1 Å². The van der Waals surface area contributed by atoms with Crippen LogP contribution in [0, 0.1) is 5.82 Å². The molecule has 0 spiro atoms. The van der Waals surface area contributed by atoms with Crippen LogP contribution in [0.15, 0.2) is 67.3 Å². The van der Waals surface area contributed by atoms with Crippen LogP contribution in [-0.4, -0.2) is 58.0 Å². The SMILES string of the molecule is C[C@H](c1ccc(F)cc1)n1cc(-c2cnnc(-c3ccn4nc(N(C(=O)OC(C)(C)C)C(=O)OC(C)(C)C)nc4c3)c2)cn1. The van der Waals surface area contributed by atoms with Gasteiger partial charge in [0.25, 0.3) is 5.95 Å². The number of imide groups is 1. The molecule has 5 rings (SSSR count). The van der Waals surface area contributed by atoms with Crippen molar-refractivity contribution >= 4 is 23.8 Å². The fourth-order valence-electron chi connectivity index (χ4n) is 4.24. The number of fused-ring (bicyclic) bond motifs is 1. The Balaban J connectivity index is 1.43. The number of benzene rings is 1. The quantitative estimate of drug-likeness (QED) is 0.223. The summed E-state index contributed by atoms with van der Waals surface area (Å²) in [6, 6.07) is 11.6. The van der Waals surface area contributed by atoms with Crippen LogP contribution in [0.5, 0.6) is 0 Å². The minimum absolute atomic E-state index is 0.107. The van der Waals surface area contributed by atoms with Crippen molar-refractivity contribution in [1.82, 2.24) is 34.6 Å². The van der Waals surface area contributed by atoms with Gasteiger partial charge in [-0.1, -0.05) is 12.1 Å². The van der Waals surface area contributed by atoms with Crippen LogP contribution in [0.4, 0.5) is 19.9 Å². The zero-order chi connectivity index (χ0) is 31.8. The predicted molar refractivity (Wildman–Crippen MR) is 160 cm³/mol. The van der Waals surface area contributed by atoms with E-state index in [1.807, 2.05) is 19.2 Å². The molecule has 0 aliphatic rings. The largest absolute Gasteiger partial charge is 0.443 e. The lowest BCUT2D eigenvalue weighted by Crippen LogP contribution is -2.44. The zero-order valence-electron chi connectivity index (χ0n) is 25.5. The Morgan fingerprint density at radius 2 is 1.55 bits per heavy atom. The molecular formula is C31H33FN8O4. The van der Waals surface area contributed by atoms with Crippen molar-refractivity contribution in [3.8, 4) is 22.4 Å². The summed E-state index contributed by atoms with van der Waals surface area (Å²) >= 11 is 0. The van der Waals surface area contributed by atoms with Crippen LogP contribution in [0.25, 0.3) is 28.0 Å². The molecule has 1 aromatic carbocycles. The van der Waals surface area contributed by atoms with Gasteiger partial charge in [0, 0.05) is 29.1 Å². The fourth-order valence-corrected chi connectivity index (χ4v) is 4.24. The van der Waals surface area contributed by atoms with E-state index >= 15 is 0 Å². The summed E-state index contributed by atoms with van der Waals surface area (Å²) in [5.74, 6) is -0.491. The second kappa shape index (κ2) is 11.5. The summed E-state index contributed by atoms with van der Waals surface area (Å²) in [4.78, 5) is 31.2. The Morgan fingerprint density at radius 1 is 0.886 bits per heavy atom. The highest BCUT2D eigenvalue weighted by atomic mass is 19.1. The number of rotatable bonds is 5. The van der Waals surface area contributed by atoms with E-state index in [1.165, 1.54) is 16.6 Å². The molecule has 2 amide bonds. The normalized spacial score (nSPS) is 12.6. The molecule has 44 heavy (non-hydrogen) atoms. The molecule has 0 fully saturated rings. The summed E-state index contributed by atoms with van der Waals surface area (Å²) in [7, 11) is 0. The van der Waals surface area contributed by atoms with Crippen molar-refractivity contribution in [1.29, 1.82) is 0 Å². The van der Waals surface area contributed by atoms with Gasteiger partial charge >= 0.3 is 12.2 Å². The number of ether oxygens (including phenoxy) is 2. The first-order chi connectivity index (χ1) is 20.7. The van der Waals surface area contributed by atoms with E-state index in [4.69, 9.17) is 9.47 Å². The van der Waals surface area contributed by atoms with Gasteiger partial charge in [-0.3, -0.25) is 4.68 Å². The van der Waals surface area contributed by atoms with Crippen molar-refractivity contribution in [3.63, 3.8) is 0 Å². The third kappa shape index (κ3) is 6.88. The van der Waals surface area contributed by atoms with Gasteiger partial charge < -0.3 is 9.47 Å². The number of aromatic nitrogens is 7. The van der Waals surface area contributed by atoms with E-state index in [9.17, 15) is 14.0 Å². The first-order valence-corrected chi connectivity index (χ1v) is 13.9. The fraction of sp³-hybridized carbons (Fsp3) is 0.323. The van der Waals surface area contributed by atoms with E-state index in [0.717, 1.165) is 16.7 Å². The molecule has 4 aromatic heterocycles. The van der Waals surface area contributed by atoms with Crippen molar-refractivity contribution in [2.75, 3.05) is 4.90 Å². The average molecular weight is 601 g/mol. The second-order valence-electron chi connectivity index (χ2n) is 12.2. The Hall–Kier alpha value is -5.20. The number of halogens is 1. The highest BCUT2D eigenvalue weighted by Gasteiger charge is 2.35. The number of pyridine rings is 1. The third-order valence-electron chi connectivity index (χ3n) is 6.31. The second-order valence-corrected chi connectivity index (χ2v) is 12.2. The number of hydrogen-bond donors (Lipinski definition) is 0. The molecule has 228 valence electrons. The van der Waals surface area contributed by atoms with Crippen LogP contribution in [0.2, 0.25) is 0 Å². The maximum Gasteiger partial charge on any atom is 0.427 e. The zero-order valence-corrected chi connectivity index (χ0v) is 25.5. The van der Waals surface area contributed by atoms with Gasteiger partial charge in [-0.2, -0.15) is 20.3 Å². The van der Waals surface area contributed by atoms with E-state index in [0.29, 0.717) is 21.8 Å². The summed E-state index contributed by atoms with van der Waals surface area (Å²) in [5.41, 5.74) is 2.38. The molecule has 5 aromatic rings. The topological polar surface area (TPSA) is 130 Å². The Kier molecular flexibility index (Phi) is 7.89. The van der Waals surface area contributed by atoms with E-state index in [1.54, 1.807) is 89.1 Å². The first kappa shape index (κ1) is 30.3. The minimum atomic E-state index is -0.962. The standard InChI is InChI=1S/C31H33FN8O4/c1-19(20-8-10-24(32)11-9-20)39-18-23(17-34-39)22-14-25(36-33-16-22)21-12-13-38-26(15-21)35-27(37-38)40(28(41)43-30(2,3)4)29(42)44-31(5,6)7/h8-19H,1-7H3/t19-/m1/s1. The highest BCUT2D eigenvalue weighted by Crippen LogP contribution is 2.27. The summed E-state index contributed by atoms with van der Waals surface area (Å²) in [5, 5.41) is 17.3. The van der Waals surface area contributed by atoms with Crippen LogP contribution in [0.3, 0.4) is 0 Å². The molecule has 1 atom stereocenters. The van der Waals surface area contributed by atoms with E-state index in [-0.39, 0.29) is 17.8 Å². The van der Waals surface area contributed by atoms with Crippen LogP contribution < -0.4 is 4.90 Å². The Bertz CT molecular complexity index is 1790. The summed E-state index contributed by atoms with van der Waals surface area (Å²) < 4.78 is 27.5. The smallest absolute Gasteiger partial charge is 0.427 e. The molecule has 0 unspecified atom stereocenters. The lowest BCUT2D eigenvalue weighted by atomic mass is 10.1. The average Bonchev–Trinajstić information content (AvgIpc) is 3.58. The number of carbonyl (C=O) groups excluding carboxylic acids is 2. The predicted octanol–water partition coefficient (Wildman–Crippen LogP) is 6.47. The van der Waals surface area contributed by atoms with Gasteiger partial charge in [-0.05, 0) is 84.4 Å². The monoisotopic (exact) mass is 600 g/mol. The first-order valence-electron chi connectivity index (χ1n) is 13.9. The number of amides is 2. The van der Waals surface area contributed by atoms with Crippen LogP contribution >= 0.6 is 0 Å². The maximum atomic E-state index is 13.4. The minimum Gasteiger partial charge on any atom is -0.443 e. The van der Waals surface area contributed by atoms with Gasteiger partial charge in [-0.15, -0.1) is 10.00 Å². The lowest BCUT2D eigenvalue weighted by Gasteiger charge is -2.26. The molecule has 0 aliphatic carbocycles. The molecule has 0 N–H and O–H groups in total. The summed E-state index contributed by atoms with van der Waals surface area (Å²) in [6.45, 7) is 12.1. The Labute approximate surface area is 253 Å². The molecule has 0 saturated heterocycles. The van der Waals surface area contributed by atoms with Gasteiger partial charge in [-0.25, -0.2) is 18.5 Å². The molecule has 0 bridgehead atoms. The van der Waals surface area contributed by atoms with Gasteiger partial charge in [0.1, 0.15) is 17.0 Å². The van der Waals surface area contributed by atoms with Crippen molar-refractivity contribution in [2.24, 2.45) is 0 Å². The number of hydrogen-bond acceptors (Lipinski definition) is 9. The van der Waals surface area contributed by atoms with E-state index in [2.05, 4.69) is 25.4 Å². The van der Waals surface area contributed by atoms with Crippen molar-refractivity contribution < 1.29 is 23.5 Å². The number of carbonyl (C=O) groups is 2. The Morgan fingerprint density at radius 3 is 2.18 bits per heavy atom.